The molecule has 7 atom stereocenters. The summed E-state index contributed by atoms with van der Waals surface area (Å²) in [6.45, 7) is 29.8. The molecule has 0 aliphatic carbocycles. The number of hydrogen-bond donors (Lipinski definition) is 0. The molecule has 0 bridgehead atoms. The first-order valence-corrected chi connectivity index (χ1v) is 29.8. The minimum Gasteiger partial charge on any atom is -0.463 e. The second-order valence-electron chi connectivity index (χ2n) is 22.9. The highest BCUT2D eigenvalue weighted by atomic mass is 16.6. The van der Waals surface area contributed by atoms with E-state index < -0.39 is 0 Å². The van der Waals surface area contributed by atoms with Gasteiger partial charge < -0.3 is 14.2 Å². The lowest BCUT2D eigenvalue weighted by atomic mass is 9.73. The van der Waals surface area contributed by atoms with Gasteiger partial charge in [-0.25, -0.2) is 0 Å². The van der Waals surface area contributed by atoms with Crippen LogP contribution in [0.1, 0.15) is 221 Å². The van der Waals surface area contributed by atoms with Crippen molar-refractivity contribution in [1.29, 1.82) is 0 Å². The Morgan fingerprint density at radius 3 is 1.03 bits per heavy atom. The summed E-state index contributed by atoms with van der Waals surface area (Å²) in [5.41, 5.74) is 9.53. The van der Waals surface area contributed by atoms with Gasteiger partial charge in [0, 0.05) is 7.11 Å². The number of esters is 2. The van der Waals surface area contributed by atoms with Gasteiger partial charge in [-0.05, 0) is 166 Å². The Morgan fingerprint density at radius 1 is 0.405 bits per heavy atom. The lowest BCUT2D eigenvalue weighted by Crippen LogP contribution is -2.26. The van der Waals surface area contributed by atoms with Crippen LogP contribution in [0.15, 0.2) is 189 Å². The van der Waals surface area contributed by atoms with Crippen LogP contribution >= 0.6 is 0 Å². The van der Waals surface area contributed by atoms with Gasteiger partial charge in [0.2, 0.25) is 0 Å². The summed E-state index contributed by atoms with van der Waals surface area (Å²) >= 11 is 0. The molecule has 0 saturated carbocycles. The van der Waals surface area contributed by atoms with Gasteiger partial charge >= 0.3 is 11.9 Å². The van der Waals surface area contributed by atoms with Crippen molar-refractivity contribution in [1.82, 2.24) is 0 Å². The van der Waals surface area contributed by atoms with Crippen LogP contribution in [0.3, 0.4) is 0 Å². The molecule has 0 fully saturated rings. The van der Waals surface area contributed by atoms with Crippen LogP contribution in [0.4, 0.5) is 0 Å². The number of benzene rings is 6. The molecular formula is C74H102O5. The lowest BCUT2D eigenvalue weighted by molar-refractivity contribution is -0.155. The molecule has 7 unspecified atom stereocenters. The Morgan fingerprint density at radius 2 is 0.709 bits per heavy atom. The molecule has 0 aliphatic rings. The van der Waals surface area contributed by atoms with Gasteiger partial charge in [-0.3, -0.25) is 9.59 Å². The van der Waals surface area contributed by atoms with Gasteiger partial charge in [0.1, 0.15) is 13.2 Å². The quantitative estimate of drug-likeness (QED) is 0.0292. The van der Waals surface area contributed by atoms with E-state index in [0.29, 0.717) is 61.2 Å². The molecule has 79 heavy (non-hydrogen) atoms. The van der Waals surface area contributed by atoms with E-state index in [1.54, 1.807) is 13.2 Å². The predicted molar refractivity (Wildman–Crippen MR) is 336 cm³/mol. The van der Waals surface area contributed by atoms with Gasteiger partial charge in [-0.1, -0.05) is 244 Å². The molecule has 5 heteroatoms. The van der Waals surface area contributed by atoms with Crippen LogP contribution in [0.5, 0.6) is 0 Å². The topological polar surface area (TPSA) is 61.8 Å². The summed E-state index contributed by atoms with van der Waals surface area (Å²) in [5.74, 6) is 3.58. The number of rotatable bonds is 27. The third-order valence-electron chi connectivity index (χ3n) is 16.3. The van der Waals surface area contributed by atoms with Crippen LogP contribution in [-0.4, -0.2) is 38.9 Å². The molecule has 6 aromatic rings. The average molecular weight is 1070 g/mol. The third kappa shape index (κ3) is 24.1. The van der Waals surface area contributed by atoms with Crippen molar-refractivity contribution >= 4 is 11.9 Å². The summed E-state index contributed by atoms with van der Waals surface area (Å²) in [7, 11) is 1.58. The molecule has 428 valence electrons. The van der Waals surface area contributed by atoms with E-state index in [9.17, 15) is 9.59 Å². The maximum atomic E-state index is 11.3. The fraction of sp³-hybridized carbons (Fsp3) is 0.459. The van der Waals surface area contributed by atoms with Crippen LogP contribution in [0.25, 0.3) is 0 Å². The Kier molecular flexibility index (Phi) is 31.5. The SMILES string of the molecule is C=CCOC(=O)C(C)(C)CC.CCC(C)(C)C(=O)OCCOC.CCC(C)c1ccc(C(C)CC)cc1.CCC(CC(CC(CC(CC(C)c1ccccc1)c1ccccc1)c1ccccc1)c1ccccc1)c1ccccc1. The van der Waals surface area contributed by atoms with E-state index in [1.807, 2.05) is 41.5 Å². The second-order valence-corrected chi connectivity index (χ2v) is 22.9. The van der Waals surface area contributed by atoms with Crippen LogP contribution in [0.2, 0.25) is 0 Å². The summed E-state index contributed by atoms with van der Waals surface area (Å²) in [5, 5.41) is 0. The minimum atomic E-state index is -0.367. The van der Waals surface area contributed by atoms with Crippen molar-refractivity contribution in [3.8, 4) is 0 Å². The zero-order chi connectivity index (χ0) is 58.1. The first kappa shape index (κ1) is 67.2. The molecule has 5 nitrogen and oxygen atoms in total. The normalized spacial score (nSPS) is 13.8. The zero-order valence-corrected chi connectivity index (χ0v) is 51.1. The smallest absolute Gasteiger partial charge is 0.311 e. The van der Waals surface area contributed by atoms with E-state index in [0.717, 1.165) is 38.5 Å². The van der Waals surface area contributed by atoms with Gasteiger partial charge in [-0.2, -0.15) is 0 Å². The van der Waals surface area contributed by atoms with Crippen LogP contribution in [0, 0.1) is 10.8 Å². The summed E-state index contributed by atoms with van der Waals surface area (Å²) < 4.78 is 14.6. The Hall–Kier alpha value is -6.04. The molecule has 0 saturated heterocycles. The molecule has 0 N–H and O–H groups in total. The number of hydrogen-bond acceptors (Lipinski definition) is 5. The van der Waals surface area contributed by atoms with Crippen molar-refractivity contribution in [2.24, 2.45) is 10.8 Å². The first-order valence-electron chi connectivity index (χ1n) is 29.8. The van der Waals surface area contributed by atoms with Crippen molar-refractivity contribution in [2.45, 2.75) is 182 Å². The Balaban J connectivity index is 0.000000358. The average Bonchev–Trinajstić information content (AvgIpc) is 3.50. The van der Waals surface area contributed by atoms with Crippen molar-refractivity contribution < 1.29 is 23.8 Å². The second kappa shape index (κ2) is 37.0. The summed E-state index contributed by atoms with van der Waals surface area (Å²) in [6, 6.07) is 65.3. The van der Waals surface area contributed by atoms with Gasteiger partial charge in [-0.15, -0.1) is 0 Å². The molecule has 0 spiro atoms. The fourth-order valence-electron chi connectivity index (χ4n) is 9.58. The fourth-order valence-corrected chi connectivity index (χ4v) is 9.58. The maximum absolute atomic E-state index is 11.3. The highest BCUT2D eigenvalue weighted by molar-refractivity contribution is 5.76. The highest BCUT2D eigenvalue weighted by Gasteiger charge is 2.29. The van der Waals surface area contributed by atoms with Crippen molar-refractivity contribution in [2.75, 3.05) is 26.9 Å². The Labute approximate surface area is 481 Å². The number of methoxy groups -OCH3 is 1. The summed E-state index contributed by atoms with van der Waals surface area (Å²) in [6.07, 6.45) is 11.4. The molecule has 0 amide bonds. The molecular weight excluding hydrogens is 969 g/mol. The predicted octanol–water partition coefficient (Wildman–Crippen LogP) is 20.4. The maximum Gasteiger partial charge on any atom is 0.311 e. The van der Waals surface area contributed by atoms with E-state index in [4.69, 9.17) is 14.2 Å². The minimum absolute atomic E-state index is 0.151. The first-order chi connectivity index (χ1) is 38.0. The van der Waals surface area contributed by atoms with Gasteiger partial charge in [0.25, 0.3) is 0 Å². The molecule has 6 rings (SSSR count). The van der Waals surface area contributed by atoms with Gasteiger partial charge in [0.15, 0.2) is 0 Å². The molecule has 6 aromatic carbocycles. The number of carbonyl (C=O) groups is 2. The number of ether oxygens (including phenoxy) is 3. The van der Waals surface area contributed by atoms with Crippen LogP contribution in [-0.2, 0) is 23.8 Å². The van der Waals surface area contributed by atoms with E-state index in [1.165, 1.54) is 58.2 Å². The van der Waals surface area contributed by atoms with E-state index >= 15 is 0 Å². The summed E-state index contributed by atoms with van der Waals surface area (Å²) in [4.78, 5) is 22.5. The zero-order valence-electron chi connectivity index (χ0n) is 51.1. The van der Waals surface area contributed by atoms with Gasteiger partial charge in [0.05, 0.1) is 17.4 Å². The molecule has 0 heterocycles. The Bertz CT molecular complexity index is 2470. The monoisotopic (exact) mass is 1070 g/mol. The standard InChI is InChI=1S/C42H46.C14H22.C9H18O3.C9H16O2/c1-3-34(36-21-11-5-12-22-36)30-41(38-25-15-7-16-26-38)32-42(39-27-17-8-18-28-39)31-40(37-23-13-6-14-24-37)29-33(2)35-19-9-4-10-20-35;1-5-11(3)13-7-9-14(10-8-13)12(4)6-2;1-5-9(2,3)8(10)12-7-6-11-4;1-5-7-11-8(10)9(3,4)6-2/h4-28,33-34,40-42H,3,29-32H2,1-2H3;7-12H,5-6H2,1-4H3;5-7H2,1-4H3;5H,1,6-7H2,2-4H3. The number of carbonyl (C=O) groups excluding carboxylic acids is 2. The largest absolute Gasteiger partial charge is 0.463 e. The lowest BCUT2D eigenvalue weighted by Gasteiger charge is -2.31. The highest BCUT2D eigenvalue weighted by Crippen LogP contribution is 2.44. The molecule has 0 aliphatic heterocycles. The van der Waals surface area contributed by atoms with Crippen LogP contribution < -0.4 is 0 Å². The molecule has 0 aromatic heterocycles. The molecule has 0 radical (unpaired) electrons. The van der Waals surface area contributed by atoms with E-state index in [-0.39, 0.29) is 22.8 Å². The van der Waals surface area contributed by atoms with E-state index in [2.05, 4.69) is 224 Å². The van der Waals surface area contributed by atoms with Crippen molar-refractivity contribution in [3.63, 3.8) is 0 Å². The third-order valence-corrected chi connectivity index (χ3v) is 16.3. The van der Waals surface area contributed by atoms with Crippen molar-refractivity contribution in [3.05, 3.63) is 228 Å².